The van der Waals surface area contributed by atoms with Crippen LogP contribution in [0.25, 0.3) is 0 Å². The van der Waals surface area contributed by atoms with E-state index < -0.39 is 10.0 Å². The van der Waals surface area contributed by atoms with Gasteiger partial charge in [-0.05, 0) is 37.4 Å². The molecule has 0 N–H and O–H groups in total. The molecule has 2 heterocycles. The number of aryl methyl sites for hydroxylation is 1. The first-order valence-electron chi connectivity index (χ1n) is 7.35. The fourth-order valence-corrected chi connectivity index (χ4v) is 5.46. The lowest BCUT2D eigenvalue weighted by atomic mass is 10.1. The van der Waals surface area contributed by atoms with E-state index >= 15 is 0 Å². The van der Waals surface area contributed by atoms with Gasteiger partial charge < -0.3 is 4.90 Å². The monoisotopic (exact) mass is 336 g/mol. The zero-order valence-corrected chi connectivity index (χ0v) is 14.4. The summed E-state index contributed by atoms with van der Waals surface area (Å²) in [6, 6.07) is 12.0. The molecule has 0 aliphatic carbocycles. The summed E-state index contributed by atoms with van der Waals surface area (Å²) in [6.07, 6.45) is 0. The van der Waals surface area contributed by atoms with Crippen molar-refractivity contribution in [3.63, 3.8) is 0 Å². The van der Waals surface area contributed by atoms with E-state index in [4.69, 9.17) is 0 Å². The molecule has 0 saturated carbocycles. The number of thiophene rings is 1. The highest BCUT2D eigenvalue weighted by molar-refractivity contribution is 7.91. The molecule has 4 nitrogen and oxygen atoms in total. The van der Waals surface area contributed by atoms with Crippen LogP contribution in [0.4, 0.5) is 5.69 Å². The molecule has 1 fully saturated rings. The molecule has 0 amide bonds. The van der Waals surface area contributed by atoms with E-state index in [0.29, 0.717) is 17.3 Å². The molecule has 0 spiro atoms. The fraction of sp³-hybridized carbons (Fsp3) is 0.375. The van der Waals surface area contributed by atoms with Gasteiger partial charge in [-0.25, -0.2) is 8.42 Å². The summed E-state index contributed by atoms with van der Waals surface area (Å²) in [6.45, 7) is 5.91. The zero-order chi connectivity index (χ0) is 15.7. The van der Waals surface area contributed by atoms with Crippen LogP contribution in [0.15, 0.2) is 46.0 Å². The van der Waals surface area contributed by atoms with Gasteiger partial charge in [0, 0.05) is 31.4 Å². The van der Waals surface area contributed by atoms with Crippen molar-refractivity contribution in [2.24, 2.45) is 0 Å². The molecule has 22 heavy (non-hydrogen) atoms. The van der Waals surface area contributed by atoms with Crippen LogP contribution in [0.1, 0.15) is 12.5 Å². The first kappa shape index (κ1) is 15.5. The molecule has 118 valence electrons. The summed E-state index contributed by atoms with van der Waals surface area (Å²) in [5.74, 6) is 0. The van der Waals surface area contributed by atoms with Gasteiger partial charge in [-0.3, -0.25) is 0 Å². The molecule has 1 atom stereocenters. The van der Waals surface area contributed by atoms with Crippen LogP contribution in [-0.2, 0) is 10.0 Å². The van der Waals surface area contributed by atoms with Gasteiger partial charge in [-0.15, -0.1) is 11.3 Å². The molecule has 2 aromatic rings. The van der Waals surface area contributed by atoms with Crippen LogP contribution < -0.4 is 4.90 Å². The predicted molar refractivity (Wildman–Crippen MR) is 91.1 cm³/mol. The normalized spacial score (nSPS) is 20.3. The van der Waals surface area contributed by atoms with E-state index in [1.165, 1.54) is 16.9 Å². The number of nitrogens with zero attached hydrogens (tertiary/aromatic N) is 2. The third-order valence-corrected chi connectivity index (χ3v) is 7.28. The summed E-state index contributed by atoms with van der Waals surface area (Å²) in [4.78, 5) is 2.28. The third kappa shape index (κ3) is 2.91. The van der Waals surface area contributed by atoms with Crippen LogP contribution in [0.3, 0.4) is 0 Å². The Labute approximate surface area is 136 Å². The van der Waals surface area contributed by atoms with E-state index in [9.17, 15) is 8.42 Å². The summed E-state index contributed by atoms with van der Waals surface area (Å²) in [5, 5.41) is 1.80. The Morgan fingerprint density at radius 2 is 1.86 bits per heavy atom. The van der Waals surface area contributed by atoms with Crippen LogP contribution in [-0.4, -0.2) is 38.4 Å². The Balaban J connectivity index is 1.76. The van der Waals surface area contributed by atoms with Crippen molar-refractivity contribution in [1.29, 1.82) is 0 Å². The van der Waals surface area contributed by atoms with Crippen LogP contribution in [0, 0.1) is 6.92 Å². The van der Waals surface area contributed by atoms with Gasteiger partial charge >= 0.3 is 0 Å². The predicted octanol–water partition coefficient (Wildman–Crippen LogP) is 2.96. The molecule has 1 unspecified atom stereocenters. The average molecular weight is 336 g/mol. The minimum Gasteiger partial charge on any atom is -0.366 e. The molecule has 3 rings (SSSR count). The van der Waals surface area contributed by atoms with E-state index in [1.54, 1.807) is 21.8 Å². The second-order valence-corrected chi connectivity index (χ2v) is 8.79. The fourth-order valence-electron chi connectivity index (χ4n) is 2.80. The second-order valence-electron chi connectivity index (χ2n) is 5.67. The molecule has 6 heteroatoms. The Hall–Kier alpha value is -1.37. The Morgan fingerprint density at radius 1 is 1.14 bits per heavy atom. The van der Waals surface area contributed by atoms with Crippen LogP contribution in [0.2, 0.25) is 0 Å². The Kier molecular flexibility index (Phi) is 4.25. The molecule has 0 radical (unpaired) electrons. The SMILES string of the molecule is Cc1ccc(N2CCN(S(=O)(=O)c3cccs3)CC2C)cc1. The zero-order valence-electron chi connectivity index (χ0n) is 12.8. The first-order valence-corrected chi connectivity index (χ1v) is 9.67. The number of anilines is 1. The lowest BCUT2D eigenvalue weighted by Crippen LogP contribution is -2.53. The third-order valence-electron chi connectivity index (χ3n) is 4.05. The van der Waals surface area contributed by atoms with Crippen molar-refractivity contribution in [3.05, 3.63) is 47.3 Å². The Morgan fingerprint density at radius 3 is 2.45 bits per heavy atom. The summed E-state index contributed by atoms with van der Waals surface area (Å²) >= 11 is 1.28. The van der Waals surface area contributed by atoms with Gasteiger partial charge in [0.1, 0.15) is 4.21 Å². The highest BCUT2D eigenvalue weighted by Crippen LogP contribution is 2.26. The quantitative estimate of drug-likeness (QED) is 0.865. The van der Waals surface area contributed by atoms with Crippen molar-refractivity contribution in [1.82, 2.24) is 4.31 Å². The number of piperazine rings is 1. The van der Waals surface area contributed by atoms with E-state index in [0.717, 1.165) is 12.2 Å². The number of benzene rings is 1. The minimum atomic E-state index is -3.34. The number of sulfonamides is 1. The topological polar surface area (TPSA) is 40.6 Å². The van der Waals surface area contributed by atoms with Crippen LogP contribution >= 0.6 is 11.3 Å². The van der Waals surface area contributed by atoms with Crippen molar-refractivity contribution >= 4 is 27.0 Å². The van der Waals surface area contributed by atoms with Gasteiger partial charge in [0.25, 0.3) is 10.0 Å². The van der Waals surface area contributed by atoms with E-state index in [-0.39, 0.29) is 6.04 Å². The van der Waals surface area contributed by atoms with Crippen molar-refractivity contribution < 1.29 is 8.42 Å². The summed E-state index contributed by atoms with van der Waals surface area (Å²) in [7, 11) is -3.34. The molecule has 1 aromatic carbocycles. The number of hydrogen-bond donors (Lipinski definition) is 0. The van der Waals surface area contributed by atoms with Crippen LogP contribution in [0.5, 0.6) is 0 Å². The van der Waals surface area contributed by atoms with Gasteiger partial charge in [-0.2, -0.15) is 4.31 Å². The van der Waals surface area contributed by atoms with Gasteiger partial charge in [0.05, 0.1) is 0 Å². The maximum absolute atomic E-state index is 12.6. The van der Waals surface area contributed by atoms with E-state index in [2.05, 4.69) is 43.0 Å². The van der Waals surface area contributed by atoms with Gasteiger partial charge in [0.15, 0.2) is 0 Å². The minimum absolute atomic E-state index is 0.159. The van der Waals surface area contributed by atoms with E-state index in [1.807, 2.05) is 0 Å². The average Bonchev–Trinajstić information content (AvgIpc) is 3.03. The van der Waals surface area contributed by atoms with Crippen molar-refractivity contribution in [2.75, 3.05) is 24.5 Å². The molecular weight excluding hydrogens is 316 g/mol. The highest BCUT2D eigenvalue weighted by atomic mass is 32.2. The maximum Gasteiger partial charge on any atom is 0.252 e. The molecule has 1 aromatic heterocycles. The van der Waals surface area contributed by atoms with Gasteiger partial charge in [0.2, 0.25) is 0 Å². The smallest absolute Gasteiger partial charge is 0.252 e. The largest absolute Gasteiger partial charge is 0.366 e. The molecular formula is C16H20N2O2S2. The molecule has 1 aliphatic rings. The second kappa shape index (κ2) is 6.02. The highest BCUT2D eigenvalue weighted by Gasteiger charge is 2.32. The lowest BCUT2D eigenvalue weighted by Gasteiger charge is -2.40. The lowest BCUT2D eigenvalue weighted by molar-refractivity contribution is 0.343. The van der Waals surface area contributed by atoms with Crippen molar-refractivity contribution in [2.45, 2.75) is 24.1 Å². The Bertz CT molecular complexity index is 724. The first-order chi connectivity index (χ1) is 10.5. The number of hydrogen-bond acceptors (Lipinski definition) is 4. The maximum atomic E-state index is 12.6. The standard InChI is InChI=1S/C16H20N2O2S2/c1-13-5-7-15(8-6-13)18-10-9-17(12-14(18)2)22(19,20)16-4-3-11-21-16/h3-8,11,14H,9-10,12H2,1-2H3. The van der Waals surface area contributed by atoms with Crippen molar-refractivity contribution in [3.8, 4) is 0 Å². The van der Waals surface area contributed by atoms with Gasteiger partial charge in [-0.1, -0.05) is 23.8 Å². The summed E-state index contributed by atoms with van der Waals surface area (Å²) in [5.41, 5.74) is 2.39. The molecule has 0 bridgehead atoms. The molecule has 1 saturated heterocycles. The number of rotatable bonds is 3. The summed E-state index contributed by atoms with van der Waals surface area (Å²) < 4.78 is 27.2. The molecule has 1 aliphatic heterocycles.